The molecule has 0 bridgehead atoms. The average molecular weight is 330 g/mol. The summed E-state index contributed by atoms with van der Waals surface area (Å²) >= 11 is -2.02. The van der Waals surface area contributed by atoms with Gasteiger partial charge in [0.2, 0.25) is 0 Å². The van der Waals surface area contributed by atoms with Crippen molar-refractivity contribution in [2.75, 3.05) is 0 Å². The molecule has 0 aromatic heterocycles. The Morgan fingerprint density at radius 2 is 2.00 bits per heavy atom. The smallest absolute Gasteiger partial charge is 0.157 e. The summed E-state index contributed by atoms with van der Waals surface area (Å²) in [6.07, 6.45) is 0. The van der Waals surface area contributed by atoms with Gasteiger partial charge in [0.15, 0.2) is 11.1 Å². The minimum atomic E-state index is -2.02. The molecule has 0 saturated heterocycles. The summed E-state index contributed by atoms with van der Waals surface area (Å²) in [6, 6.07) is 10.4. The molecule has 1 N–H and O–H groups in total. The molecule has 23 heavy (non-hydrogen) atoms. The van der Waals surface area contributed by atoms with Crippen LogP contribution in [-0.4, -0.2) is 8.76 Å². The van der Waals surface area contributed by atoms with Gasteiger partial charge >= 0.3 is 0 Å². The van der Waals surface area contributed by atoms with Crippen molar-refractivity contribution in [2.45, 2.75) is 12.7 Å². The summed E-state index contributed by atoms with van der Waals surface area (Å²) in [7, 11) is 0. The maximum absolute atomic E-state index is 13.4. The quantitative estimate of drug-likeness (QED) is 0.867. The Morgan fingerprint density at radius 1 is 1.26 bits per heavy atom. The molecule has 5 nitrogen and oxygen atoms in total. The summed E-state index contributed by atoms with van der Waals surface area (Å²) in [5, 5.41) is 18.1. The van der Waals surface area contributed by atoms with Crippen LogP contribution >= 0.6 is 0 Å². The van der Waals surface area contributed by atoms with Crippen molar-refractivity contribution in [1.82, 2.24) is 0 Å². The van der Waals surface area contributed by atoms with Crippen LogP contribution in [-0.2, 0) is 16.8 Å². The lowest BCUT2D eigenvalue weighted by atomic mass is 10.0. The number of nitrogens with zero attached hydrogens (tertiary/aromatic N) is 2. The van der Waals surface area contributed by atoms with E-state index in [-0.39, 0.29) is 28.4 Å². The fraction of sp³-hybridized carbons (Fsp3) is 0.125. The summed E-state index contributed by atoms with van der Waals surface area (Å²) in [4.78, 5) is 0. The average Bonchev–Trinajstić information content (AvgIpc) is 2.49. The summed E-state index contributed by atoms with van der Waals surface area (Å²) in [6.45, 7) is 1.64. The van der Waals surface area contributed by atoms with Gasteiger partial charge in [0, 0.05) is 6.07 Å². The minimum absolute atomic E-state index is 0.0935. The second-order valence-electron chi connectivity index (χ2n) is 4.69. The Hall–Kier alpha value is -2.74. The zero-order chi connectivity index (χ0) is 17.0. The number of benzene rings is 2. The van der Waals surface area contributed by atoms with Crippen molar-refractivity contribution in [3.63, 3.8) is 0 Å². The van der Waals surface area contributed by atoms with Crippen LogP contribution in [0.25, 0.3) is 0 Å². The zero-order valence-corrected chi connectivity index (χ0v) is 12.9. The first-order chi connectivity index (χ1) is 10.9. The molecule has 0 heterocycles. The van der Waals surface area contributed by atoms with Crippen LogP contribution in [0.2, 0.25) is 0 Å². The second kappa shape index (κ2) is 7.01. The number of rotatable bonds is 4. The lowest BCUT2D eigenvalue weighted by molar-refractivity contribution is 0.474. The number of hydrogen-bond acceptors (Lipinski definition) is 4. The van der Waals surface area contributed by atoms with Crippen LogP contribution in [0.4, 0.5) is 4.39 Å². The molecule has 0 aliphatic heterocycles. The minimum Gasteiger partial charge on any atom is -0.456 e. The van der Waals surface area contributed by atoms with Gasteiger partial charge in [-0.2, -0.15) is 10.5 Å². The highest BCUT2D eigenvalue weighted by Crippen LogP contribution is 2.30. The third kappa shape index (κ3) is 3.92. The Kier molecular flexibility index (Phi) is 5.07. The molecule has 2 aromatic rings. The normalized spacial score (nSPS) is 11.3. The van der Waals surface area contributed by atoms with Gasteiger partial charge in [-0.15, -0.1) is 0 Å². The van der Waals surface area contributed by atoms with Crippen LogP contribution in [0, 0.1) is 35.4 Å². The van der Waals surface area contributed by atoms with Crippen molar-refractivity contribution >= 4 is 11.1 Å². The molecule has 7 heteroatoms. The molecule has 0 spiro atoms. The summed E-state index contributed by atoms with van der Waals surface area (Å²) < 4.78 is 38.8. The number of hydrogen-bond donors (Lipinski definition) is 1. The molecular weight excluding hydrogens is 319 g/mol. The molecule has 0 aliphatic rings. The number of halogens is 1. The van der Waals surface area contributed by atoms with E-state index in [0.29, 0.717) is 11.1 Å². The maximum Gasteiger partial charge on any atom is 0.157 e. The van der Waals surface area contributed by atoms with Gasteiger partial charge in [-0.3, -0.25) is 0 Å². The van der Waals surface area contributed by atoms with Crippen molar-refractivity contribution in [2.24, 2.45) is 0 Å². The van der Waals surface area contributed by atoms with Gasteiger partial charge in [-0.05, 0) is 36.2 Å². The molecule has 0 amide bonds. The third-order valence-corrected chi connectivity index (χ3v) is 3.72. The molecule has 116 valence electrons. The fourth-order valence-corrected chi connectivity index (χ4v) is 2.64. The van der Waals surface area contributed by atoms with Gasteiger partial charge in [0.05, 0.1) is 22.9 Å². The Balaban J connectivity index is 2.43. The van der Waals surface area contributed by atoms with E-state index in [1.54, 1.807) is 13.0 Å². The van der Waals surface area contributed by atoms with E-state index in [1.807, 2.05) is 12.1 Å². The summed E-state index contributed by atoms with van der Waals surface area (Å²) in [5.41, 5.74) is 1.36. The monoisotopic (exact) mass is 330 g/mol. The molecule has 0 fully saturated rings. The highest BCUT2D eigenvalue weighted by Gasteiger charge is 2.14. The molecule has 1 unspecified atom stereocenters. The van der Waals surface area contributed by atoms with E-state index < -0.39 is 16.9 Å². The van der Waals surface area contributed by atoms with Gasteiger partial charge in [0.25, 0.3) is 0 Å². The van der Waals surface area contributed by atoms with Crippen molar-refractivity contribution in [3.8, 4) is 23.6 Å². The maximum atomic E-state index is 13.4. The molecule has 2 aromatic carbocycles. The van der Waals surface area contributed by atoms with Crippen molar-refractivity contribution in [1.29, 1.82) is 10.5 Å². The highest BCUT2D eigenvalue weighted by atomic mass is 32.2. The summed E-state index contributed by atoms with van der Waals surface area (Å²) in [5.74, 6) is -0.441. The van der Waals surface area contributed by atoms with E-state index in [4.69, 9.17) is 14.6 Å². The van der Waals surface area contributed by atoms with Crippen molar-refractivity contribution < 1.29 is 17.9 Å². The lowest BCUT2D eigenvalue weighted by Crippen LogP contribution is -2.00. The highest BCUT2D eigenvalue weighted by molar-refractivity contribution is 7.78. The predicted octanol–water partition coefficient (Wildman–Crippen LogP) is 3.39. The molecular formula is C16H11FN2O3S. The number of nitriles is 2. The van der Waals surface area contributed by atoms with E-state index in [9.17, 15) is 13.9 Å². The topological polar surface area (TPSA) is 94.1 Å². The predicted molar refractivity (Wildman–Crippen MR) is 81.6 cm³/mol. The Morgan fingerprint density at radius 3 is 2.61 bits per heavy atom. The zero-order valence-electron chi connectivity index (χ0n) is 12.0. The third-order valence-electron chi connectivity index (χ3n) is 3.16. The Bertz CT molecular complexity index is 869. The van der Waals surface area contributed by atoms with E-state index in [1.165, 1.54) is 12.1 Å². The van der Waals surface area contributed by atoms with Gasteiger partial charge < -0.3 is 9.29 Å². The molecule has 2 rings (SSSR count). The molecule has 0 saturated carbocycles. The van der Waals surface area contributed by atoms with E-state index >= 15 is 0 Å². The molecule has 0 radical (unpaired) electrons. The van der Waals surface area contributed by atoms with Crippen LogP contribution in [0.15, 0.2) is 30.3 Å². The second-order valence-corrected chi connectivity index (χ2v) is 5.62. The van der Waals surface area contributed by atoms with Crippen molar-refractivity contribution in [3.05, 3.63) is 58.4 Å². The van der Waals surface area contributed by atoms with Crippen LogP contribution in [0.5, 0.6) is 11.5 Å². The van der Waals surface area contributed by atoms with Gasteiger partial charge in [0.1, 0.15) is 23.4 Å². The SMILES string of the molecule is Cc1c(CS(=O)O)ccc(Oc2cc(F)cc(C#N)c2)c1C#N. The fourth-order valence-electron chi connectivity index (χ4n) is 2.06. The van der Waals surface area contributed by atoms with Gasteiger partial charge in [-0.25, -0.2) is 8.60 Å². The standard InChI is InChI=1S/C16H11FN2O3S/c1-10-12(9-23(20)21)2-3-16(15(10)8-19)22-14-5-11(7-18)4-13(17)6-14/h2-6H,9H2,1H3,(H,20,21). The van der Waals surface area contributed by atoms with Crippen LogP contribution in [0.1, 0.15) is 22.3 Å². The lowest BCUT2D eigenvalue weighted by Gasteiger charge is -2.12. The first kappa shape index (κ1) is 16.6. The first-order valence-electron chi connectivity index (χ1n) is 6.43. The largest absolute Gasteiger partial charge is 0.456 e. The molecule has 0 aliphatic carbocycles. The van der Waals surface area contributed by atoms with E-state index in [2.05, 4.69) is 0 Å². The van der Waals surface area contributed by atoms with Crippen LogP contribution < -0.4 is 4.74 Å². The molecule has 1 atom stereocenters. The first-order valence-corrected chi connectivity index (χ1v) is 7.70. The number of ether oxygens (including phenoxy) is 1. The van der Waals surface area contributed by atoms with E-state index in [0.717, 1.165) is 12.1 Å². The van der Waals surface area contributed by atoms with Crippen LogP contribution in [0.3, 0.4) is 0 Å². The van der Waals surface area contributed by atoms with Gasteiger partial charge in [-0.1, -0.05) is 6.07 Å². The Labute approximate surface area is 134 Å².